The molecule has 1 aromatic rings. The summed E-state index contributed by atoms with van der Waals surface area (Å²) >= 11 is 0. The molecule has 1 aromatic carbocycles. The van der Waals surface area contributed by atoms with E-state index >= 15 is 0 Å². The molecule has 0 unspecified atom stereocenters. The van der Waals surface area contributed by atoms with E-state index in [0.29, 0.717) is 19.6 Å². The molecule has 0 radical (unpaired) electrons. The lowest BCUT2D eigenvalue weighted by molar-refractivity contribution is 0.279. The Kier molecular flexibility index (Phi) is 5.98. The minimum atomic E-state index is 0.511. The predicted octanol–water partition coefficient (Wildman–Crippen LogP) is 2.21. The fourth-order valence-electron chi connectivity index (χ4n) is 1.54. The van der Waals surface area contributed by atoms with E-state index in [9.17, 15) is 0 Å². The Labute approximate surface area is 103 Å². The number of para-hydroxylation sites is 1. The molecule has 3 heteroatoms. The molecular weight excluding hydrogens is 214 g/mol. The van der Waals surface area contributed by atoms with E-state index in [1.165, 1.54) is 0 Å². The molecule has 3 nitrogen and oxygen atoms in total. The first-order chi connectivity index (χ1) is 8.33. The maximum atomic E-state index is 5.71. The summed E-state index contributed by atoms with van der Waals surface area (Å²) in [4.78, 5) is 0. The molecule has 0 saturated heterocycles. The number of rotatable bonds is 7. The van der Waals surface area contributed by atoms with E-state index in [1.807, 2.05) is 32.2 Å². The number of ether oxygens (including phenoxy) is 2. The molecule has 0 heterocycles. The molecule has 0 atom stereocenters. The van der Waals surface area contributed by atoms with Crippen molar-refractivity contribution in [3.05, 3.63) is 23.8 Å². The van der Waals surface area contributed by atoms with Gasteiger partial charge in [-0.1, -0.05) is 12.1 Å². The van der Waals surface area contributed by atoms with Crippen molar-refractivity contribution in [1.29, 1.82) is 0 Å². The summed E-state index contributed by atoms with van der Waals surface area (Å²) in [7, 11) is 1.90. The number of hydrogen-bond acceptors (Lipinski definition) is 3. The number of benzene rings is 1. The summed E-state index contributed by atoms with van der Waals surface area (Å²) in [6, 6.07) is 5.89. The molecule has 1 N–H and O–H groups in total. The van der Waals surface area contributed by atoms with Gasteiger partial charge in [-0.3, -0.25) is 0 Å². The summed E-state index contributed by atoms with van der Waals surface area (Å²) in [6.45, 7) is 3.83. The monoisotopic (exact) mass is 233 g/mol. The quantitative estimate of drug-likeness (QED) is 0.578. The van der Waals surface area contributed by atoms with Crippen molar-refractivity contribution in [3.8, 4) is 23.8 Å². The summed E-state index contributed by atoms with van der Waals surface area (Å²) in [5.41, 5.74) is 1.08. The normalized spacial score (nSPS) is 9.71. The summed E-state index contributed by atoms with van der Waals surface area (Å²) < 4.78 is 11.3. The first kappa shape index (κ1) is 13.4. The first-order valence-corrected chi connectivity index (χ1v) is 5.79. The van der Waals surface area contributed by atoms with Gasteiger partial charge >= 0.3 is 0 Å². The lowest BCUT2D eigenvalue weighted by Gasteiger charge is -2.15. The third kappa shape index (κ3) is 4.01. The van der Waals surface area contributed by atoms with Gasteiger partial charge in [0.05, 0.1) is 13.2 Å². The SMILES string of the molecule is C#CCCOc1c(CNC)cccc1OCC. The Morgan fingerprint density at radius 2 is 2.18 bits per heavy atom. The highest BCUT2D eigenvalue weighted by molar-refractivity contribution is 5.46. The third-order valence-electron chi connectivity index (χ3n) is 2.22. The average Bonchev–Trinajstić information content (AvgIpc) is 2.33. The second kappa shape index (κ2) is 7.59. The molecule has 0 aromatic heterocycles. The van der Waals surface area contributed by atoms with Gasteiger partial charge in [0.15, 0.2) is 11.5 Å². The Morgan fingerprint density at radius 3 is 2.82 bits per heavy atom. The van der Waals surface area contributed by atoms with Crippen molar-refractivity contribution < 1.29 is 9.47 Å². The molecule has 0 amide bonds. The zero-order valence-corrected chi connectivity index (χ0v) is 10.5. The highest BCUT2D eigenvalue weighted by atomic mass is 16.5. The van der Waals surface area contributed by atoms with E-state index in [-0.39, 0.29) is 0 Å². The topological polar surface area (TPSA) is 30.5 Å². The molecule has 0 fully saturated rings. The zero-order valence-electron chi connectivity index (χ0n) is 10.5. The van der Waals surface area contributed by atoms with Crippen LogP contribution in [0.4, 0.5) is 0 Å². The van der Waals surface area contributed by atoms with Crippen LogP contribution in [0, 0.1) is 12.3 Å². The van der Waals surface area contributed by atoms with E-state index in [1.54, 1.807) is 0 Å². The van der Waals surface area contributed by atoms with E-state index in [0.717, 1.165) is 23.6 Å². The van der Waals surface area contributed by atoms with E-state index in [4.69, 9.17) is 15.9 Å². The molecule has 0 aliphatic heterocycles. The van der Waals surface area contributed by atoms with Crippen LogP contribution in [0.5, 0.6) is 11.5 Å². The van der Waals surface area contributed by atoms with Crippen molar-refractivity contribution in [2.75, 3.05) is 20.3 Å². The van der Waals surface area contributed by atoms with Crippen LogP contribution in [0.15, 0.2) is 18.2 Å². The van der Waals surface area contributed by atoms with Gasteiger partial charge in [0, 0.05) is 18.5 Å². The second-order valence-electron chi connectivity index (χ2n) is 3.51. The Balaban J connectivity index is 2.88. The second-order valence-corrected chi connectivity index (χ2v) is 3.51. The van der Waals surface area contributed by atoms with Crippen molar-refractivity contribution in [3.63, 3.8) is 0 Å². The van der Waals surface area contributed by atoms with Crippen molar-refractivity contribution in [1.82, 2.24) is 5.32 Å². The van der Waals surface area contributed by atoms with Gasteiger partial charge in [0.25, 0.3) is 0 Å². The smallest absolute Gasteiger partial charge is 0.165 e. The predicted molar refractivity (Wildman–Crippen MR) is 69.3 cm³/mol. The highest BCUT2D eigenvalue weighted by Gasteiger charge is 2.09. The maximum absolute atomic E-state index is 5.71. The van der Waals surface area contributed by atoms with Crippen LogP contribution in [0.1, 0.15) is 18.9 Å². The largest absolute Gasteiger partial charge is 0.490 e. The molecule has 92 valence electrons. The van der Waals surface area contributed by atoms with E-state index < -0.39 is 0 Å². The minimum absolute atomic E-state index is 0.511. The molecule has 17 heavy (non-hydrogen) atoms. The standard InChI is InChI=1S/C14H19NO2/c1-4-6-10-17-14-12(11-15-3)8-7-9-13(14)16-5-2/h1,7-9,15H,5-6,10-11H2,2-3H3. The fraction of sp³-hybridized carbons (Fsp3) is 0.429. The van der Waals surface area contributed by atoms with Crippen LogP contribution in [0.3, 0.4) is 0 Å². The van der Waals surface area contributed by atoms with Crippen molar-refractivity contribution >= 4 is 0 Å². The third-order valence-corrected chi connectivity index (χ3v) is 2.22. The Hall–Kier alpha value is -1.66. The molecule has 0 aliphatic carbocycles. The number of nitrogens with one attached hydrogen (secondary N) is 1. The van der Waals surface area contributed by atoms with Crippen LogP contribution >= 0.6 is 0 Å². The van der Waals surface area contributed by atoms with Crippen molar-refractivity contribution in [2.45, 2.75) is 19.9 Å². The van der Waals surface area contributed by atoms with Crippen LogP contribution in [0.25, 0.3) is 0 Å². The number of hydrogen-bond donors (Lipinski definition) is 1. The molecule has 0 spiro atoms. The summed E-state index contributed by atoms with van der Waals surface area (Å²) in [6.07, 6.45) is 5.81. The molecule has 0 aliphatic rings. The van der Waals surface area contributed by atoms with Gasteiger partial charge in [0.1, 0.15) is 0 Å². The van der Waals surface area contributed by atoms with Crippen LogP contribution < -0.4 is 14.8 Å². The first-order valence-electron chi connectivity index (χ1n) is 5.79. The van der Waals surface area contributed by atoms with Crippen molar-refractivity contribution in [2.24, 2.45) is 0 Å². The summed E-state index contributed by atoms with van der Waals surface area (Å²) in [5.74, 6) is 4.13. The Bertz CT molecular complexity index is 358. The molecular formula is C14H19NO2. The maximum Gasteiger partial charge on any atom is 0.165 e. The van der Waals surface area contributed by atoms with Crippen LogP contribution in [-0.2, 0) is 6.54 Å². The van der Waals surface area contributed by atoms with Gasteiger partial charge in [0.2, 0.25) is 0 Å². The lowest BCUT2D eigenvalue weighted by atomic mass is 10.2. The summed E-state index contributed by atoms with van der Waals surface area (Å²) in [5, 5.41) is 3.11. The lowest BCUT2D eigenvalue weighted by Crippen LogP contribution is -2.09. The van der Waals surface area contributed by atoms with E-state index in [2.05, 4.69) is 11.2 Å². The molecule has 0 bridgehead atoms. The van der Waals surface area contributed by atoms with Gasteiger partial charge in [-0.2, -0.15) is 0 Å². The average molecular weight is 233 g/mol. The van der Waals surface area contributed by atoms with Gasteiger partial charge in [-0.15, -0.1) is 12.3 Å². The van der Waals surface area contributed by atoms with Crippen LogP contribution in [0.2, 0.25) is 0 Å². The zero-order chi connectivity index (χ0) is 12.5. The van der Waals surface area contributed by atoms with Gasteiger partial charge < -0.3 is 14.8 Å². The minimum Gasteiger partial charge on any atom is -0.490 e. The molecule has 1 rings (SSSR count). The fourth-order valence-corrected chi connectivity index (χ4v) is 1.54. The number of terminal acetylenes is 1. The highest BCUT2D eigenvalue weighted by Crippen LogP contribution is 2.31. The van der Waals surface area contributed by atoms with Gasteiger partial charge in [-0.05, 0) is 20.0 Å². The molecule has 0 saturated carbocycles. The van der Waals surface area contributed by atoms with Crippen LogP contribution in [-0.4, -0.2) is 20.3 Å². The Morgan fingerprint density at radius 1 is 1.35 bits per heavy atom. The van der Waals surface area contributed by atoms with Gasteiger partial charge in [-0.25, -0.2) is 0 Å².